The van der Waals surface area contributed by atoms with Gasteiger partial charge in [0.15, 0.2) is 0 Å². The van der Waals surface area contributed by atoms with Gasteiger partial charge in [-0.2, -0.15) is 9.57 Å². The van der Waals surface area contributed by atoms with Crippen LogP contribution in [0.25, 0.3) is 0 Å². The van der Waals surface area contributed by atoms with Gasteiger partial charge in [-0.15, -0.1) is 0 Å². The van der Waals surface area contributed by atoms with Gasteiger partial charge in [-0.25, -0.2) is 12.8 Å². The molecule has 19 heavy (non-hydrogen) atoms. The third-order valence-corrected chi connectivity index (χ3v) is 4.98. The molecule has 0 spiro atoms. The molecule has 0 unspecified atom stereocenters. The van der Waals surface area contributed by atoms with Crippen LogP contribution in [0.3, 0.4) is 0 Å². The standard InChI is InChI=1S/C12H13FN2O3S/c1-9-8-18-5-4-15(9)19(16,17)11-2-3-12(13)10(6-11)7-14/h2-3,6,9H,4-5,8H2,1H3/t9-/m1/s1. The van der Waals surface area contributed by atoms with Gasteiger partial charge >= 0.3 is 0 Å². The Balaban J connectivity index is 2.42. The molecule has 2 rings (SSSR count). The van der Waals surface area contributed by atoms with E-state index in [0.29, 0.717) is 13.2 Å². The summed E-state index contributed by atoms with van der Waals surface area (Å²) in [5.41, 5.74) is -0.276. The number of halogens is 1. The summed E-state index contributed by atoms with van der Waals surface area (Å²) in [6.45, 7) is 2.65. The molecule has 1 heterocycles. The minimum atomic E-state index is -3.73. The summed E-state index contributed by atoms with van der Waals surface area (Å²) in [5, 5.41) is 8.75. The molecule has 1 atom stereocenters. The monoisotopic (exact) mass is 284 g/mol. The zero-order valence-electron chi connectivity index (χ0n) is 10.3. The summed E-state index contributed by atoms with van der Waals surface area (Å²) in [7, 11) is -3.73. The third kappa shape index (κ3) is 2.61. The van der Waals surface area contributed by atoms with Crippen LogP contribution in [0.4, 0.5) is 4.39 Å². The summed E-state index contributed by atoms with van der Waals surface area (Å²) >= 11 is 0. The van der Waals surface area contributed by atoms with Crippen molar-refractivity contribution in [2.45, 2.75) is 17.9 Å². The van der Waals surface area contributed by atoms with E-state index >= 15 is 0 Å². The van der Waals surface area contributed by atoms with E-state index in [1.807, 2.05) is 0 Å². The number of nitriles is 1. The number of ether oxygens (including phenoxy) is 1. The van der Waals surface area contributed by atoms with Crippen molar-refractivity contribution in [1.29, 1.82) is 5.26 Å². The Hall–Kier alpha value is -1.49. The Bertz CT molecular complexity index is 624. The van der Waals surface area contributed by atoms with E-state index in [1.165, 1.54) is 10.4 Å². The number of benzene rings is 1. The number of nitrogens with zero attached hydrogens (tertiary/aromatic N) is 2. The van der Waals surface area contributed by atoms with Gasteiger partial charge in [0.25, 0.3) is 0 Å². The van der Waals surface area contributed by atoms with Crippen LogP contribution in [0.2, 0.25) is 0 Å². The molecule has 102 valence electrons. The summed E-state index contributed by atoms with van der Waals surface area (Å²) in [6.07, 6.45) is 0. The van der Waals surface area contributed by atoms with Crippen molar-refractivity contribution in [2.24, 2.45) is 0 Å². The highest BCUT2D eigenvalue weighted by molar-refractivity contribution is 7.89. The van der Waals surface area contributed by atoms with Crippen LogP contribution in [0.15, 0.2) is 23.1 Å². The average molecular weight is 284 g/mol. The highest BCUT2D eigenvalue weighted by Crippen LogP contribution is 2.22. The van der Waals surface area contributed by atoms with Crippen molar-refractivity contribution in [2.75, 3.05) is 19.8 Å². The number of morpholine rings is 1. The number of hydrogen-bond donors (Lipinski definition) is 0. The Kier molecular flexibility index (Phi) is 3.85. The van der Waals surface area contributed by atoms with Gasteiger partial charge < -0.3 is 4.74 Å². The van der Waals surface area contributed by atoms with Gasteiger partial charge in [0.2, 0.25) is 10.0 Å². The summed E-state index contributed by atoms with van der Waals surface area (Å²) < 4.78 is 44.6. The first-order valence-corrected chi connectivity index (χ1v) is 7.20. The molecule has 1 aromatic carbocycles. The van der Waals surface area contributed by atoms with Gasteiger partial charge in [-0.1, -0.05) is 0 Å². The molecule has 1 saturated heterocycles. The van der Waals surface area contributed by atoms with Crippen LogP contribution in [0.5, 0.6) is 0 Å². The molecule has 0 radical (unpaired) electrons. The summed E-state index contributed by atoms with van der Waals surface area (Å²) in [5.74, 6) is -0.725. The lowest BCUT2D eigenvalue weighted by atomic mass is 10.2. The molecular formula is C12H13FN2O3S. The van der Waals surface area contributed by atoms with Crippen molar-refractivity contribution < 1.29 is 17.5 Å². The quantitative estimate of drug-likeness (QED) is 0.815. The summed E-state index contributed by atoms with van der Waals surface area (Å²) in [6, 6.07) is 4.59. The normalized spacial score (nSPS) is 21.0. The van der Waals surface area contributed by atoms with Crippen LogP contribution in [-0.2, 0) is 14.8 Å². The zero-order chi connectivity index (χ0) is 14.0. The zero-order valence-corrected chi connectivity index (χ0v) is 11.2. The first-order valence-electron chi connectivity index (χ1n) is 5.76. The van der Waals surface area contributed by atoms with Gasteiger partial charge in [-0.05, 0) is 25.1 Å². The van der Waals surface area contributed by atoms with E-state index < -0.39 is 15.8 Å². The highest BCUT2D eigenvalue weighted by Gasteiger charge is 2.31. The van der Waals surface area contributed by atoms with Crippen molar-refractivity contribution in [3.05, 3.63) is 29.6 Å². The first-order chi connectivity index (χ1) is 8.96. The maximum Gasteiger partial charge on any atom is 0.243 e. The predicted molar refractivity (Wildman–Crippen MR) is 65.3 cm³/mol. The lowest BCUT2D eigenvalue weighted by Crippen LogP contribution is -2.46. The van der Waals surface area contributed by atoms with Crippen LogP contribution >= 0.6 is 0 Å². The molecule has 5 nitrogen and oxygen atoms in total. The number of sulfonamides is 1. The fourth-order valence-electron chi connectivity index (χ4n) is 1.95. The maximum absolute atomic E-state index is 13.2. The second kappa shape index (κ2) is 5.25. The number of hydrogen-bond acceptors (Lipinski definition) is 4. The Morgan fingerprint density at radius 2 is 2.26 bits per heavy atom. The van der Waals surface area contributed by atoms with Crippen LogP contribution < -0.4 is 0 Å². The van der Waals surface area contributed by atoms with E-state index in [0.717, 1.165) is 12.1 Å². The van der Waals surface area contributed by atoms with Gasteiger partial charge in [-0.3, -0.25) is 0 Å². The van der Waals surface area contributed by atoms with E-state index in [4.69, 9.17) is 10.00 Å². The average Bonchev–Trinajstić information content (AvgIpc) is 2.39. The fourth-order valence-corrected chi connectivity index (χ4v) is 3.58. The van der Waals surface area contributed by atoms with Gasteiger partial charge in [0.05, 0.1) is 23.7 Å². The van der Waals surface area contributed by atoms with E-state index in [1.54, 1.807) is 13.0 Å². The predicted octanol–water partition coefficient (Wildman–Crippen LogP) is 1.11. The molecule has 0 saturated carbocycles. The fraction of sp³-hybridized carbons (Fsp3) is 0.417. The Morgan fingerprint density at radius 1 is 1.53 bits per heavy atom. The Morgan fingerprint density at radius 3 is 2.89 bits per heavy atom. The lowest BCUT2D eigenvalue weighted by molar-refractivity contribution is 0.0392. The largest absolute Gasteiger partial charge is 0.378 e. The smallest absolute Gasteiger partial charge is 0.243 e. The number of rotatable bonds is 2. The molecule has 7 heteroatoms. The van der Waals surface area contributed by atoms with Crippen LogP contribution in [0, 0.1) is 17.1 Å². The molecule has 0 aliphatic carbocycles. The maximum atomic E-state index is 13.2. The topological polar surface area (TPSA) is 70.4 Å². The van der Waals surface area contributed by atoms with Crippen molar-refractivity contribution in [1.82, 2.24) is 4.31 Å². The van der Waals surface area contributed by atoms with E-state index in [2.05, 4.69) is 0 Å². The first kappa shape index (κ1) is 13.9. The molecule has 0 amide bonds. The molecule has 0 aromatic heterocycles. The molecule has 1 aromatic rings. The van der Waals surface area contributed by atoms with Gasteiger partial charge in [0, 0.05) is 12.6 Å². The molecule has 1 fully saturated rings. The second-order valence-corrected chi connectivity index (χ2v) is 6.18. The molecule has 0 N–H and O–H groups in total. The third-order valence-electron chi connectivity index (χ3n) is 2.97. The Labute approximate surface area is 111 Å². The molecule has 1 aliphatic rings. The molecule has 0 bridgehead atoms. The van der Waals surface area contributed by atoms with Crippen LogP contribution in [-0.4, -0.2) is 38.5 Å². The van der Waals surface area contributed by atoms with Crippen LogP contribution in [0.1, 0.15) is 12.5 Å². The van der Waals surface area contributed by atoms with Crippen molar-refractivity contribution in [3.63, 3.8) is 0 Å². The van der Waals surface area contributed by atoms with Crippen molar-refractivity contribution >= 4 is 10.0 Å². The second-order valence-electron chi connectivity index (χ2n) is 4.29. The highest BCUT2D eigenvalue weighted by atomic mass is 32.2. The van der Waals surface area contributed by atoms with Gasteiger partial charge in [0.1, 0.15) is 11.9 Å². The van der Waals surface area contributed by atoms with E-state index in [9.17, 15) is 12.8 Å². The van der Waals surface area contributed by atoms with E-state index in [-0.39, 0.29) is 23.0 Å². The molecular weight excluding hydrogens is 271 g/mol. The minimum absolute atomic E-state index is 0.0702. The molecule has 1 aliphatic heterocycles. The summed E-state index contributed by atoms with van der Waals surface area (Å²) in [4.78, 5) is -0.0702. The minimum Gasteiger partial charge on any atom is -0.378 e. The van der Waals surface area contributed by atoms with Crippen molar-refractivity contribution in [3.8, 4) is 6.07 Å². The lowest BCUT2D eigenvalue weighted by Gasteiger charge is -2.32. The SMILES string of the molecule is C[C@@H]1COCCN1S(=O)(=O)c1ccc(F)c(C#N)c1.